The summed E-state index contributed by atoms with van der Waals surface area (Å²) in [6.07, 6.45) is 0. The summed E-state index contributed by atoms with van der Waals surface area (Å²) in [4.78, 5) is 0. The Hall–Kier alpha value is -1.29. The van der Waals surface area contributed by atoms with Crippen molar-refractivity contribution in [1.29, 1.82) is 0 Å². The number of hydrogen-bond donors (Lipinski definition) is 0. The van der Waals surface area contributed by atoms with Crippen LogP contribution in [0.1, 0.15) is 4.44 Å². The fourth-order valence-corrected chi connectivity index (χ4v) is 8.34. The van der Waals surface area contributed by atoms with Crippen molar-refractivity contribution in [2.75, 3.05) is 0 Å². The Morgan fingerprint density at radius 3 is 2.39 bits per heavy atom. The maximum absolute atomic E-state index is 2.45. The molecule has 0 aliphatic heterocycles. The normalized spacial score (nSPS) is 11.7. The summed E-state index contributed by atoms with van der Waals surface area (Å²) in [5, 5.41) is 5.72. The van der Waals surface area contributed by atoms with Crippen molar-refractivity contribution in [3.05, 3.63) is 71.2 Å². The minimum atomic E-state index is -0.265. The first-order valence-corrected chi connectivity index (χ1v) is 11.7. The van der Waals surface area contributed by atoms with Crippen LogP contribution in [0.15, 0.2) is 66.7 Å². The molecule has 2 heteroatoms. The SMILES string of the molecule is Cc1cc2cc3cc4[te]c(-c5ccccc5)cc4cc3cc2[se]1. The van der Waals surface area contributed by atoms with Gasteiger partial charge in [-0.3, -0.25) is 0 Å². The van der Waals surface area contributed by atoms with Crippen LogP contribution < -0.4 is 0 Å². The van der Waals surface area contributed by atoms with Gasteiger partial charge >= 0.3 is 151 Å². The fourth-order valence-electron chi connectivity index (χ4n) is 3.20. The molecule has 0 unspecified atom stereocenters. The van der Waals surface area contributed by atoms with E-state index in [0.29, 0.717) is 14.5 Å². The van der Waals surface area contributed by atoms with Gasteiger partial charge in [0.15, 0.2) is 0 Å². The molecular formula is C21H14SeTe. The molecule has 0 fully saturated rings. The van der Waals surface area contributed by atoms with Gasteiger partial charge in [-0.25, -0.2) is 0 Å². The Morgan fingerprint density at radius 1 is 0.739 bits per heavy atom. The van der Waals surface area contributed by atoms with Crippen LogP contribution in [-0.4, -0.2) is 34.9 Å². The van der Waals surface area contributed by atoms with Gasteiger partial charge in [-0.15, -0.1) is 0 Å². The number of hydrogen-bond acceptors (Lipinski definition) is 0. The Labute approximate surface area is 150 Å². The average Bonchev–Trinajstić information content (AvgIpc) is 3.12. The van der Waals surface area contributed by atoms with E-state index in [2.05, 4.69) is 73.7 Å². The Balaban J connectivity index is 1.77. The molecular weight excluding hydrogens is 459 g/mol. The number of fused-ring (bicyclic) bond motifs is 3. The molecule has 0 bridgehead atoms. The predicted molar refractivity (Wildman–Crippen MR) is 103 cm³/mol. The van der Waals surface area contributed by atoms with E-state index in [4.69, 9.17) is 0 Å². The van der Waals surface area contributed by atoms with Gasteiger partial charge in [0.1, 0.15) is 0 Å². The number of rotatable bonds is 1. The van der Waals surface area contributed by atoms with Crippen LogP contribution in [0.25, 0.3) is 38.3 Å². The number of aryl methyl sites for hydroxylation is 1. The molecule has 2 heterocycles. The summed E-state index contributed by atoms with van der Waals surface area (Å²) in [7, 11) is 0. The third-order valence-corrected chi connectivity index (χ3v) is 9.69. The molecule has 0 atom stereocenters. The van der Waals surface area contributed by atoms with Crippen LogP contribution in [0.5, 0.6) is 0 Å². The molecule has 0 nitrogen and oxygen atoms in total. The summed E-state index contributed by atoms with van der Waals surface area (Å²) >= 11 is 0.265. The third kappa shape index (κ3) is 2.42. The first-order chi connectivity index (χ1) is 11.3. The molecule has 110 valence electrons. The van der Waals surface area contributed by atoms with Gasteiger partial charge in [-0.2, -0.15) is 0 Å². The monoisotopic (exact) mass is 476 g/mol. The Bertz CT molecular complexity index is 1090. The first-order valence-electron chi connectivity index (χ1n) is 7.69. The summed E-state index contributed by atoms with van der Waals surface area (Å²) in [5.74, 6) is 0. The van der Waals surface area contributed by atoms with Gasteiger partial charge < -0.3 is 0 Å². The molecule has 0 N–H and O–H groups in total. The maximum atomic E-state index is 2.45. The molecule has 5 rings (SSSR count). The molecule has 0 aliphatic carbocycles. The average molecular weight is 473 g/mol. The molecule has 0 radical (unpaired) electrons. The Morgan fingerprint density at radius 2 is 1.52 bits per heavy atom. The number of benzene rings is 3. The van der Waals surface area contributed by atoms with Gasteiger partial charge in [0.25, 0.3) is 0 Å². The van der Waals surface area contributed by atoms with Crippen molar-refractivity contribution in [1.82, 2.24) is 0 Å². The van der Waals surface area contributed by atoms with E-state index in [1.54, 1.807) is 11.2 Å². The standard InChI is InChI=1S/C21H14SeTe/c1-13-7-17-8-16-11-21-18(9-15(16)10-19(17)22-13)12-20(23-21)14-5-3-2-4-6-14/h2-12H,1H3. The zero-order valence-corrected chi connectivity index (χ0v) is 16.7. The van der Waals surface area contributed by atoms with Crippen molar-refractivity contribution in [3.63, 3.8) is 0 Å². The van der Waals surface area contributed by atoms with Crippen LogP contribution in [-0.2, 0) is 0 Å². The van der Waals surface area contributed by atoms with Gasteiger partial charge in [0.05, 0.1) is 0 Å². The summed E-state index contributed by atoms with van der Waals surface area (Å²) in [6, 6.07) is 25.3. The molecule has 0 saturated carbocycles. The topological polar surface area (TPSA) is 0 Å². The molecule has 0 spiro atoms. The van der Waals surface area contributed by atoms with Gasteiger partial charge in [0, 0.05) is 0 Å². The van der Waals surface area contributed by atoms with Gasteiger partial charge in [-0.1, -0.05) is 0 Å². The van der Waals surface area contributed by atoms with E-state index in [1.807, 2.05) is 0 Å². The van der Waals surface area contributed by atoms with Crippen molar-refractivity contribution in [2.24, 2.45) is 0 Å². The van der Waals surface area contributed by atoms with Crippen LogP contribution in [0.3, 0.4) is 0 Å². The quantitative estimate of drug-likeness (QED) is 0.293. The van der Waals surface area contributed by atoms with Crippen LogP contribution in [0, 0.1) is 6.92 Å². The Kier molecular flexibility index (Phi) is 3.29. The molecule has 0 amide bonds. The van der Waals surface area contributed by atoms with E-state index >= 15 is 0 Å². The molecule has 23 heavy (non-hydrogen) atoms. The van der Waals surface area contributed by atoms with E-state index in [1.165, 1.54) is 31.5 Å². The van der Waals surface area contributed by atoms with E-state index in [-0.39, 0.29) is 20.4 Å². The van der Waals surface area contributed by atoms with Crippen molar-refractivity contribution < 1.29 is 0 Å². The van der Waals surface area contributed by atoms with Crippen LogP contribution >= 0.6 is 0 Å². The molecule has 2 aromatic heterocycles. The van der Waals surface area contributed by atoms with Gasteiger partial charge in [-0.05, 0) is 0 Å². The second-order valence-corrected chi connectivity index (χ2v) is 11.8. The van der Waals surface area contributed by atoms with Crippen molar-refractivity contribution in [2.45, 2.75) is 6.92 Å². The van der Waals surface area contributed by atoms with Crippen molar-refractivity contribution >= 4 is 64.1 Å². The van der Waals surface area contributed by atoms with Crippen molar-refractivity contribution in [3.8, 4) is 9.14 Å². The van der Waals surface area contributed by atoms with Crippen LogP contribution in [0.4, 0.5) is 0 Å². The van der Waals surface area contributed by atoms with E-state index in [0.717, 1.165) is 0 Å². The zero-order valence-electron chi connectivity index (χ0n) is 12.7. The zero-order chi connectivity index (χ0) is 15.4. The van der Waals surface area contributed by atoms with Gasteiger partial charge in [0.2, 0.25) is 0 Å². The fraction of sp³-hybridized carbons (Fsp3) is 0.0476. The third-order valence-electron chi connectivity index (χ3n) is 4.29. The van der Waals surface area contributed by atoms with Crippen LogP contribution in [0.2, 0.25) is 0 Å². The summed E-state index contributed by atoms with van der Waals surface area (Å²) < 4.78 is 6.24. The molecule has 0 aliphatic rings. The molecule has 5 aromatic rings. The predicted octanol–water partition coefficient (Wildman–Crippen LogP) is 5.24. The van der Waals surface area contributed by atoms with E-state index in [9.17, 15) is 0 Å². The second-order valence-electron chi connectivity index (χ2n) is 5.96. The van der Waals surface area contributed by atoms with E-state index < -0.39 is 0 Å². The molecule has 0 saturated heterocycles. The minimum absolute atomic E-state index is 0.265. The first kappa shape index (κ1) is 14.1. The summed E-state index contributed by atoms with van der Waals surface area (Å²) in [5.41, 5.74) is 1.40. The second kappa shape index (κ2) is 5.37. The molecule has 3 aromatic carbocycles. The summed E-state index contributed by atoms with van der Waals surface area (Å²) in [6.45, 7) is 2.26.